The molecule has 0 aliphatic carbocycles. The van der Waals surface area contributed by atoms with Crippen LogP contribution in [0.2, 0.25) is 0 Å². The maximum atomic E-state index is 13.5. The van der Waals surface area contributed by atoms with Crippen molar-refractivity contribution in [1.29, 1.82) is 0 Å². The maximum Gasteiger partial charge on any atom is 0.279 e. The van der Waals surface area contributed by atoms with Crippen molar-refractivity contribution >= 4 is 10.2 Å². The quantitative estimate of drug-likeness (QED) is 0.818. The lowest BCUT2D eigenvalue weighted by molar-refractivity contribution is 0.269. The van der Waals surface area contributed by atoms with Crippen LogP contribution in [0.5, 0.6) is 0 Å². The molecule has 1 saturated heterocycles. The minimum atomic E-state index is -3.50. The SMILES string of the molecule is NCC1CCCN(S(=O)(=O)NCCc2ccccc2F)C1. The Morgan fingerprint density at radius 3 is 2.86 bits per heavy atom. The predicted molar refractivity (Wildman–Crippen MR) is 80.4 cm³/mol. The Hall–Kier alpha value is -1.02. The van der Waals surface area contributed by atoms with E-state index in [2.05, 4.69) is 4.72 Å². The number of hydrogen-bond acceptors (Lipinski definition) is 3. The third-order valence-corrected chi connectivity index (χ3v) is 5.37. The standard InChI is InChI=1S/C14H22FN3O2S/c15-14-6-2-1-5-13(14)7-8-17-21(19,20)18-9-3-4-12(10-16)11-18/h1-2,5-6,12,17H,3-4,7-11,16H2. The van der Waals surface area contributed by atoms with Crippen LogP contribution in [0, 0.1) is 11.7 Å². The van der Waals surface area contributed by atoms with Crippen molar-refractivity contribution in [2.45, 2.75) is 19.3 Å². The van der Waals surface area contributed by atoms with E-state index in [4.69, 9.17) is 5.73 Å². The molecule has 3 N–H and O–H groups in total. The van der Waals surface area contributed by atoms with Crippen LogP contribution in [-0.4, -0.2) is 38.9 Å². The van der Waals surface area contributed by atoms with Crippen LogP contribution in [0.15, 0.2) is 24.3 Å². The lowest BCUT2D eigenvalue weighted by atomic mass is 10.0. The van der Waals surface area contributed by atoms with E-state index in [-0.39, 0.29) is 18.3 Å². The molecule has 118 valence electrons. The third-order valence-electron chi connectivity index (χ3n) is 3.79. The topological polar surface area (TPSA) is 75.4 Å². The average Bonchev–Trinajstić information content (AvgIpc) is 2.49. The first-order chi connectivity index (χ1) is 10.0. The van der Waals surface area contributed by atoms with Gasteiger partial charge in [-0.25, -0.2) is 9.11 Å². The molecule has 1 atom stereocenters. The van der Waals surface area contributed by atoms with Crippen molar-refractivity contribution in [3.8, 4) is 0 Å². The van der Waals surface area contributed by atoms with Gasteiger partial charge in [-0.1, -0.05) is 18.2 Å². The van der Waals surface area contributed by atoms with Gasteiger partial charge in [0.25, 0.3) is 10.2 Å². The molecule has 0 amide bonds. The zero-order valence-electron chi connectivity index (χ0n) is 12.0. The number of halogens is 1. The summed E-state index contributed by atoms with van der Waals surface area (Å²) >= 11 is 0. The van der Waals surface area contributed by atoms with Gasteiger partial charge in [-0.3, -0.25) is 0 Å². The molecule has 1 aliphatic rings. The summed E-state index contributed by atoms with van der Waals surface area (Å²) in [5.41, 5.74) is 6.13. The van der Waals surface area contributed by atoms with Crippen molar-refractivity contribution < 1.29 is 12.8 Å². The van der Waals surface area contributed by atoms with Gasteiger partial charge >= 0.3 is 0 Å². The van der Waals surface area contributed by atoms with Gasteiger partial charge in [0, 0.05) is 19.6 Å². The number of nitrogens with two attached hydrogens (primary N) is 1. The van der Waals surface area contributed by atoms with Crippen LogP contribution in [0.1, 0.15) is 18.4 Å². The largest absolute Gasteiger partial charge is 0.330 e. The molecule has 1 unspecified atom stereocenters. The van der Waals surface area contributed by atoms with Crippen molar-refractivity contribution in [2.24, 2.45) is 11.7 Å². The van der Waals surface area contributed by atoms with E-state index < -0.39 is 10.2 Å². The van der Waals surface area contributed by atoms with E-state index in [9.17, 15) is 12.8 Å². The Morgan fingerprint density at radius 1 is 1.38 bits per heavy atom. The highest BCUT2D eigenvalue weighted by Gasteiger charge is 2.27. The van der Waals surface area contributed by atoms with Crippen LogP contribution in [-0.2, 0) is 16.6 Å². The molecule has 21 heavy (non-hydrogen) atoms. The highest BCUT2D eigenvalue weighted by atomic mass is 32.2. The molecular weight excluding hydrogens is 293 g/mol. The Labute approximate surface area is 125 Å². The van der Waals surface area contributed by atoms with Crippen molar-refractivity contribution in [1.82, 2.24) is 9.03 Å². The molecule has 5 nitrogen and oxygen atoms in total. The summed E-state index contributed by atoms with van der Waals surface area (Å²) in [6, 6.07) is 6.39. The van der Waals surface area contributed by atoms with E-state index in [0.29, 0.717) is 31.6 Å². The normalized spacial score (nSPS) is 20.6. The van der Waals surface area contributed by atoms with Crippen molar-refractivity contribution in [3.05, 3.63) is 35.6 Å². The first kappa shape index (κ1) is 16.4. The number of rotatable bonds is 6. The maximum absolute atomic E-state index is 13.5. The van der Waals surface area contributed by atoms with E-state index in [0.717, 1.165) is 12.8 Å². The van der Waals surface area contributed by atoms with Gasteiger partial charge in [0.15, 0.2) is 0 Å². The summed E-state index contributed by atoms with van der Waals surface area (Å²) in [5.74, 6) is -0.0836. The molecule has 7 heteroatoms. The smallest absolute Gasteiger partial charge is 0.279 e. The Morgan fingerprint density at radius 2 is 2.14 bits per heavy atom. The lowest BCUT2D eigenvalue weighted by Gasteiger charge is -2.31. The Balaban J connectivity index is 1.88. The van der Waals surface area contributed by atoms with Crippen LogP contribution < -0.4 is 10.5 Å². The second-order valence-electron chi connectivity index (χ2n) is 5.34. The fraction of sp³-hybridized carbons (Fsp3) is 0.571. The monoisotopic (exact) mass is 315 g/mol. The second kappa shape index (κ2) is 7.31. The molecule has 0 saturated carbocycles. The number of nitrogens with one attached hydrogen (secondary N) is 1. The number of nitrogens with zero attached hydrogens (tertiary/aromatic N) is 1. The molecule has 0 aromatic heterocycles. The fourth-order valence-corrected chi connectivity index (χ4v) is 3.86. The van der Waals surface area contributed by atoms with Gasteiger partial charge < -0.3 is 5.73 Å². The molecule has 1 fully saturated rings. The number of hydrogen-bond donors (Lipinski definition) is 2. The summed E-state index contributed by atoms with van der Waals surface area (Å²) in [6.07, 6.45) is 2.13. The van der Waals surface area contributed by atoms with E-state index in [1.54, 1.807) is 18.2 Å². The Bertz CT molecular complexity index is 565. The molecule has 2 rings (SSSR count). The summed E-state index contributed by atoms with van der Waals surface area (Å²) < 4.78 is 41.8. The molecule has 1 aliphatic heterocycles. The molecule has 1 aromatic rings. The summed E-state index contributed by atoms with van der Waals surface area (Å²) in [4.78, 5) is 0. The minimum absolute atomic E-state index is 0.188. The number of benzene rings is 1. The third kappa shape index (κ3) is 4.47. The van der Waals surface area contributed by atoms with Gasteiger partial charge in [0.1, 0.15) is 5.82 Å². The highest BCUT2D eigenvalue weighted by molar-refractivity contribution is 7.87. The Kier molecular flexibility index (Phi) is 5.69. The zero-order valence-corrected chi connectivity index (χ0v) is 12.8. The van der Waals surface area contributed by atoms with Crippen molar-refractivity contribution in [2.75, 3.05) is 26.2 Å². The van der Waals surface area contributed by atoms with E-state index in [1.807, 2.05) is 0 Å². The van der Waals surface area contributed by atoms with Crippen molar-refractivity contribution in [3.63, 3.8) is 0 Å². The van der Waals surface area contributed by atoms with Gasteiger partial charge in [-0.2, -0.15) is 12.7 Å². The lowest BCUT2D eigenvalue weighted by Crippen LogP contribution is -2.47. The average molecular weight is 315 g/mol. The molecule has 0 bridgehead atoms. The molecule has 0 radical (unpaired) electrons. The predicted octanol–water partition coefficient (Wildman–Crippen LogP) is 0.873. The van der Waals surface area contributed by atoms with Gasteiger partial charge in [0.05, 0.1) is 0 Å². The van der Waals surface area contributed by atoms with Gasteiger partial charge in [-0.15, -0.1) is 0 Å². The number of piperidine rings is 1. The molecule has 1 heterocycles. The molecule has 1 aromatic carbocycles. The van der Waals surface area contributed by atoms with Gasteiger partial charge in [-0.05, 0) is 43.4 Å². The fourth-order valence-electron chi connectivity index (χ4n) is 2.54. The first-order valence-corrected chi connectivity index (χ1v) is 8.65. The summed E-state index contributed by atoms with van der Waals surface area (Å²) in [5, 5.41) is 0. The molecular formula is C14H22FN3O2S. The van der Waals surface area contributed by atoms with Crippen LogP contribution in [0.3, 0.4) is 0 Å². The van der Waals surface area contributed by atoms with Crippen LogP contribution in [0.25, 0.3) is 0 Å². The summed E-state index contributed by atoms with van der Waals surface area (Å²) in [6.45, 7) is 1.67. The van der Waals surface area contributed by atoms with Crippen LogP contribution >= 0.6 is 0 Å². The summed E-state index contributed by atoms with van der Waals surface area (Å²) in [7, 11) is -3.50. The van der Waals surface area contributed by atoms with Crippen LogP contribution in [0.4, 0.5) is 4.39 Å². The van der Waals surface area contributed by atoms with E-state index in [1.165, 1.54) is 10.4 Å². The minimum Gasteiger partial charge on any atom is -0.330 e. The van der Waals surface area contributed by atoms with Gasteiger partial charge in [0.2, 0.25) is 0 Å². The highest BCUT2D eigenvalue weighted by Crippen LogP contribution is 2.17. The second-order valence-corrected chi connectivity index (χ2v) is 7.10. The zero-order chi connectivity index (χ0) is 15.3. The van der Waals surface area contributed by atoms with E-state index >= 15 is 0 Å². The first-order valence-electron chi connectivity index (χ1n) is 7.21. The molecule has 0 spiro atoms.